The lowest BCUT2D eigenvalue weighted by Gasteiger charge is -2.36. The maximum Gasteiger partial charge on any atom is 0.257 e. The number of thiophene rings is 2. The molecule has 0 saturated heterocycles. The zero-order valence-corrected chi connectivity index (χ0v) is 29.4. The first-order valence-corrected chi connectivity index (χ1v) is 17.9. The Morgan fingerprint density at radius 3 is 1.41 bits per heavy atom. The first-order chi connectivity index (χ1) is 21.7. The number of rotatable bonds is 10. The second kappa shape index (κ2) is 13.0. The quantitative estimate of drug-likeness (QED) is 0.177. The summed E-state index contributed by atoms with van der Waals surface area (Å²) < 4.78 is 0. The van der Waals surface area contributed by atoms with E-state index in [2.05, 4.69) is 52.2 Å². The normalized spacial score (nSPS) is 18.0. The fourth-order valence-corrected chi connectivity index (χ4v) is 9.66. The van der Waals surface area contributed by atoms with Gasteiger partial charge in [0.1, 0.15) is 10.0 Å². The van der Waals surface area contributed by atoms with E-state index in [4.69, 9.17) is 11.5 Å². The molecule has 2 atom stereocenters. The lowest BCUT2D eigenvalue weighted by atomic mass is 9.69. The van der Waals surface area contributed by atoms with Gasteiger partial charge in [0.15, 0.2) is 0 Å². The van der Waals surface area contributed by atoms with Gasteiger partial charge in [-0.1, -0.05) is 66.5 Å². The molecule has 6 N–H and O–H groups in total. The van der Waals surface area contributed by atoms with Crippen LogP contribution in [0.5, 0.6) is 0 Å². The third-order valence-corrected chi connectivity index (χ3v) is 13.3. The molecule has 0 aliphatic heterocycles. The van der Waals surface area contributed by atoms with E-state index in [9.17, 15) is 19.2 Å². The molecule has 2 aliphatic carbocycles. The molecular weight excluding hydrogens is 617 g/mol. The van der Waals surface area contributed by atoms with Crippen molar-refractivity contribution in [3.8, 4) is 0 Å². The highest BCUT2D eigenvalue weighted by molar-refractivity contribution is 7.17. The van der Waals surface area contributed by atoms with Crippen LogP contribution in [0.2, 0.25) is 0 Å². The maximum atomic E-state index is 13.7. The number of hydrogen-bond acceptors (Lipinski definition) is 6. The maximum absolute atomic E-state index is 13.7. The summed E-state index contributed by atoms with van der Waals surface area (Å²) in [4.78, 5) is 54.9. The van der Waals surface area contributed by atoms with Crippen LogP contribution in [-0.2, 0) is 25.7 Å². The van der Waals surface area contributed by atoms with Gasteiger partial charge in [0.05, 0.1) is 22.3 Å². The molecule has 10 heteroatoms. The molecule has 4 amide bonds. The highest BCUT2D eigenvalue weighted by atomic mass is 32.1. The Labute approximate surface area is 279 Å². The molecule has 3 aromatic rings. The summed E-state index contributed by atoms with van der Waals surface area (Å²) >= 11 is 2.80. The molecule has 46 heavy (non-hydrogen) atoms. The first kappa shape index (κ1) is 33.9. The van der Waals surface area contributed by atoms with Gasteiger partial charge in [-0.3, -0.25) is 19.2 Å². The molecule has 0 saturated carbocycles. The topological polar surface area (TPSA) is 144 Å². The zero-order valence-electron chi connectivity index (χ0n) is 27.7. The molecule has 8 nitrogen and oxygen atoms in total. The van der Waals surface area contributed by atoms with Crippen molar-refractivity contribution in [2.24, 2.45) is 34.1 Å². The molecule has 0 spiro atoms. The van der Waals surface area contributed by atoms with E-state index in [1.165, 1.54) is 22.7 Å². The lowest BCUT2D eigenvalue weighted by molar-refractivity contribution is 0.0983. The Morgan fingerprint density at radius 2 is 1.09 bits per heavy atom. The standard InChI is InChI=1S/C36H46N4O4S2/c1-7-35(3,4)19-13-15-23-25(17-19)45-33(27(23)29(37)41)39-31(43)21-11-9-10-12-22(21)32(44)40-34-28(30(38)42)24-16-14-20(18-26(24)46-34)36(5,6)8-2/h9-12,19-20H,7-8,13-18H2,1-6H3,(H2,37,41)(H2,38,42)(H,39,43)(H,40,44). The van der Waals surface area contributed by atoms with Crippen molar-refractivity contribution < 1.29 is 19.2 Å². The minimum absolute atomic E-state index is 0.151. The summed E-state index contributed by atoms with van der Waals surface area (Å²) in [7, 11) is 0. The van der Waals surface area contributed by atoms with E-state index in [0.717, 1.165) is 72.2 Å². The number of nitrogens with two attached hydrogens (primary N) is 2. The van der Waals surface area contributed by atoms with Crippen molar-refractivity contribution in [3.63, 3.8) is 0 Å². The third-order valence-electron chi connectivity index (χ3n) is 10.9. The molecule has 2 aromatic heterocycles. The molecule has 246 valence electrons. The van der Waals surface area contributed by atoms with Gasteiger partial charge in [-0.05, 0) is 84.5 Å². The van der Waals surface area contributed by atoms with Crippen LogP contribution in [-0.4, -0.2) is 23.6 Å². The van der Waals surface area contributed by atoms with Gasteiger partial charge in [-0.15, -0.1) is 22.7 Å². The van der Waals surface area contributed by atoms with Crippen LogP contribution < -0.4 is 22.1 Å². The van der Waals surface area contributed by atoms with Crippen molar-refractivity contribution in [1.82, 2.24) is 0 Å². The van der Waals surface area contributed by atoms with E-state index in [1.54, 1.807) is 24.3 Å². The van der Waals surface area contributed by atoms with E-state index < -0.39 is 23.6 Å². The summed E-state index contributed by atoms with van der Waals surface area (Å²) in [5.74, 6) is -1.23. The average molecular weight is 663 g/mol. The van der Waals surface area contributed by atoms with Crippen LogP contribution >= 0.6 is 22.7 Å². The van der Waals surface area contributed by atoms with Gasteiger partial charge in [0, 0.05) is 9.75 Å². The zero-order chi connectivity index (χ0) is 33.6. The minimum Gasteiger partial charge on any atom is -0.365 e. The third kappa shape index (κ3) is 6.38. The van der Waals surface area contributed by atoms with Crippen molar-refractivity contribution in [2.45, 2.75) is 92.9 Å². The first-order valence-electron chi connectivity index (χ1n) is 16.3. The van der Waals surface area contributed by atoms with Gasteiger partial charge in [-0.2, -0.15) is 0 Å². The molecule has 0 bridgehead atoms. The van der Waals surface area contributed by atoms with Gasteiger partial charge in [0.2, 0.25) is 0 Å². The van der Waals surface area contributed by atoms with E-state index >= 15 is 0 Å². The van der Waals surface area contributed by atoms with Crippen LogP contribution in [0.25, 0.3) is 0 Å². The Balaban J connectivity index is 1.41. The molecule has 0 radical (unpaired) electrons. The van der Waals surface area contributed by atoms with Crippen LogP contribution in [0.1, 0.15) is 130 Å². The number of carbonyl (C=O) groups excluding carboxylic acids is 4. The average Bonchev–Trinajstić information content (AvgIpc) is 3.57. The molecule has 2 aliphatic rings. The van der Waals surface area contributed by atoms with Crippen molar-refractivity contribution in [1.29, 1.82) is 0 Å². The van der Waals surface area contributed by atoms with E-state index in [0.29, 0.717) is 33.0 Å². The number of carbonyl (C=O) groups is 4. The van der Waals surface area contributed by atoms with Gasteiger partial charge >= 0.3 is 0 Å². The van der Waals surface area contributed by atoms with Crippen molar-refractivity contribution >= 4 is 56.3 Å². The number of anilines is 2. The summed E-state index contributed by atoms with van der Waals surface area (Å²) in [5.41, 5.74) is 14.9. The number of amides is 4. The molecule has 2 heterocycles. The molecular formula is C36H46N4O4S2. The Bertz CT molecular complexity index is 1580. The molecule has 2 unspecified atom stereocenters. The van der Waals surface area contributed by atoms with Crippen LogP contribution in [0.15, 0.2) is 24.3 Å². The number of hydrogen-bond donors (Lipinski definition) is 4. The second-order valence-corrected chi connectivity index (χ2v) is 16.4. The summed E-state index contributed by atoms with van der Waals surface area (Å²) in [5, 5.41) is 6.66. The number of fused-ring (bicyclic) bond motifs is 2. The Kier molecular flexibility index (Phi) is 9.53. The van der Waals surface area contributed by atoms with Crippen molar-refractivity contribution in [2.75, 3.05) is 10.6 Å². The molecule has 5 rings (SSSR count). The summed E-state index contributed by atoms with van der Waals surface area (Å²) in [6, 6.07) is 6.53. The number of nitrogens with one attached hydrogen (secondary N) is 2. The van der Waals surface area contributed by atoms with Gasteiger partial charge in [-0.25, -0.2) is 0 Å². The van der Waals surface area contributed by atoms with Gasteiger partial charge < -0.3 is 22.1 Å². The predicted octanol–water partition coefficient (Wildman–Crippen LogP) is 7.59. The highest BCUT2D eigenvalue weighted by Crippen LogP contribution is 2.47. The van der Waals surface area contributed by atoms with Crippen molar-refractivity contribution in [3.05, 3.63) is 67.4 Å². The fraction of sp³-hybridized carbons (Fsp3) is 0.500. The lowest BCUT2D eigenvalue weighted by Crippen LogP contribution is -2.29. The summed E-state index contributed by atoms with van der Waals surface area (Å²) in [6.45, 7) is 13.5. The fourth-order valence-electron chi connectivity index (χ4n) is 7.00. The number of primary amides is 2. The van der Waals surface area contributed by atoms with Gasteiger partial charge in [0.25, 0.3) is 23.6 Å². The van der Waals surface area contributed by atoms with Crippen LogP contribution in [0, 0.1) is 22.7 Å². The largest absolute Gasteiger partial charge is 0.365 e. The van der Waals surface area contributed by atoms with E-state index in [1.807, 2.05) is 0 Å². The highest BCUT2D eigenvalue weighted by Gasteiger charge is 2.37. The minimum atomic E-state index is -0.572. The van der Waals surface area contributed by atoms with E-state index in [-0.39, 0.29) is 22.0 Å². The molecule has 1 aromatic carbocycles. The Hall–Kier alpha value is -3.50. The monoisotopic (exact) mass is 662 g/mol. The predicted molar refractivity (Wildman–Crippen MR) is 187 cm³/mol. The van der Waals surface area contributed by atoms with Crippen LogP contribution in [0.4, 0.5) is 10.0 Å². The second-order valence-electron chi connectivity index (χ2n) is 14.2. The number of benzene rings is 1. The smallest absolute Gasteiger partial charge is 0.257 e. The van der Waals surface area contributed by atoms with Crippen LogP contribution in [0.3, 0.4) is 0 Å². The SMILES string of the molecule is CCC(C)(C)C1CCc2c(sc(NC(=O)c3ccccc3C(=O)Nc3sc4c(c3C(N)=O)CCC(C(C)(C)CC)C4)c2C(N)=O)C1. The molecule has 0 fully saturated rings. The summed E-state index contributed by atoms with van der Waals surface area (Å²) in [6.07, 6.45) is 7.15. The Morgan fingerprint density at radius 1 is 0.717 bits per heavy atom.